The summed E-state index contributed by atoms with van der Waals surface area (Å²) in [6, 6.07) is -1.37. The minimum Gasteiger partial charge on any atom is -0.393 e. The third-order valence-corrected chi connectivity index (χ3v) is 12.6. The van der Waals surface area contributed by atoms with E-state index in [1.807, 2.05) is 0 Å². The molecule has 0 aromatic carbocycles. The quantitative estimate of drug-likeness (QED) is 0.369. The van der Waals surface area contributed by atoms with E-state index in [1.165, 1.54) is 0 Å². The molecule has 4 N–H and O–H groups in total. The molecule has 0 aliphatic heterocycles. The fraction of sp³-hybridized carbons (Fsp3) is 0.963. The Balaban J connectivity index is 1.43. The number of carbonyl (C=O) groups is 1. The number of amides is 2. The third kappa shape index (κ3) is 4.97. The van der Waals surface area contributed by atoms with Crippen molar-refractivity contribution in [2.75, 3.05) is 6.54 Å². The second-order valence-corrected chi connectivity index (χ2v) is 14.9. The van der Waals surface area contributed by atoms with Gasteiger partial charge in [0.15, 0.2) is 0 Å². The zero-order valence-corrected chi connectivity index (χ0v) is 23.7. The van der Waals surface area contributed by atoms with Crippen molar-refractivity contribution in [1.82, 2.24) is 10.0 Å². The smallest absolute Gasteiger partial charge is 0.393 e. The number of aliphatic hydroxyl groups excluding tert-OH is 2. The molecule has 4 aliphatic rings. The molecular formula is C27H45F3N2O5S. The zero-order valence-electron chi connectivity index (χ0n) is 22.9. The molecule has 0 aromatic heterocycles. The molecule has 0 spiro atoms. The Morgan fingerprint density at radius 2 is 1.66 bits per heavy atom. The molecule has 4 fully saturated rings. The van der Waals surface area contributed by atoms with Gasteiger partial charge in [-0.15, -0.1) is 0 Å². The first kappa shape index (κ1) is 29.9. The van der Waals surface area contributed by atoms with Crippen molar-refractivity contribution in [3.63, 3.8) is 0 Å². The highest BCUT2D eigenvalue weighted by molar-refractivity contribution is 7.90. The zero-order chi connectivity index (χ0) is 28.3. The van der Waals surface area contributed by atoms with E-state index in [-0.39, 0.29) is 47.3 Å². The van der Waals surface area contributed by atoms with Crippen LogP contribution in [0.15, 0.2) is 0 Å². The van der Waals surface area contributed by atoms with Crippen molar-refractivity contribution < 1.29 is 36.6 Å². The number of carbonyl (C=O) groups excluding carboxylic acids is 1. The van der Waals surface area contributed by atoms with E-state index >= 15 is 0 Å². The van der Waals surface area contributed by atoms with Gasteiger partial charge >= 0.3 is 21.6 Å². The lowest BCUT2D eigenvalue weighted by molar-refractivity contribution is -0.203. The van der Waals surface area contributed by atoms with Crippen LogP contribution in [0, 0.1) is 52.3 Å². The molecule has 11 heteroatoms. The largest absolute Gasteiger partial charge is 0.516 e. The van der Waals surface area contributed by atoms with E-state index in [0.717, 1.165) is 56.1 Å². The Labute approximate surface area is 224 Å². The number of fused-ring (bicyclic) bond motifs is 5. The van der Waals surface area contributed by atoms with Crippen LogP contribution in [0.2, 0.25) is 0 Å². The van der Waals surface area contributed by atoms with Gasteiger partial charge in [-0.25, -0.2) is 9.52 Å². The molecule has 0 radical (unpaired) electrons. The van der Waals surface area contributed by atoms with Crippen LogP contribution >= 0.6 is 0 Å². The van der Waals surface area contributed by atoms with Crippen LogP contribution in [0.25, 0.3) is 0 Å². The molecule has 0 unspecified atom stereocenters. The molecule has 4 saturated carbocycles. The van der Waals surface area contributed by atoms with Gasteiger partial charge in [0.1, 0.15) is 0 Å². The van der Waals surface area contributed by atoms with E-state index in [2.05, 4.69) is 33.0 Å². The maximum absolute atomic E-state index is 12.5. The van der Waals surface area contributed by atoms with Crippen molar-refractivity contribution >= 4 is 16.1 Å². The first-order valence-corrected chi connectivity index (χ1v) is 15.8. The van der Waals surface area contributed by atoms with Crippen molar-refractivity contribution in [3.8, 4) is 0 Å². The van der Waals surface area contributed by atoms with Crippen molar-refractivity contribution in [1.29, 1.82) is 0 Å². The summed E-state index contributed by atoms with van der Waals surface area (Å²) >= 11 is 0. The minimum atomic E-state index is -5.73. The summed E-state index contributed by atoms with van der Waals surface area (Å²) in [5.74, 6) is 2.10. The maximum Gasteiger partial charge on any atom is 0.516 e. The van der Waals surface area contributed by atoms with Gasteiger partial charge in [-0.05, 0) is 104 Å². The number of halogens is 3. The Morgan fingerprint density at radius 1 is 1.03 bits per heavy atom. The molecule has 2 amide bonds. The summed E-state index contributed by atoms with van der Waals surface area (Å²) in [5, 5.41) is 24.5. The Bertz CT molecular complexity index is 994. The number of rotatable bonds is 6. The van der Waals surface area contributed by atoms with Crippen LogP contribution in [-0.4, -0.2) is 48.9 Å². The van der Waals surface area contributed by atoms with Crippen molar-refractivity contribution in [2.45, 2.75) is 103 Å². The van der Waals surface area contributed by atoms with Crippen LogP contribution in [0.5, 0.6) is 0 Å². The lowest BCUT2D eigenvalue weighted by Crippen LogP contribution is -2.62. The van der Waals surface area contributed by atoms with Crippen molar-refractivity contribution in [3.05, 3.63) is 0 Å². The average molecular weight is 567 g/mol. The maximum atomic E-state index is 12.5. The van der Waals surface area contributed by atoms with E-state index in [9.17, 15) is 36.6 Å². The summed E-state index contributed by atoms with van der Waals surface area (Å²) in [6.07, 6.45) is 7.52. The van der Waals surface area contributed by atoms with Crippen LogP contribution in [0.1, 0.15) is 85.5 Å². The highest BCUT2D eigenvalue weighted by Crippen LogP contribution is 2.69. The summed E-state index contributed by atoms with van der Waals surface area (Å²) in [7, 11) is -5.73. The topological polar surface area (TPSA) is 116 Å². The molecule has 220 valence electrons. The van der Waals surface area contributed by atoms with Gasteiger partial charge in [0.25, 0.3) is 0 Å². The molecular weight excluding hydrogens is 521 g/mol. The monoisotopic (exact) mass is 566 g/mol. The van der Waals surface area contributed by atoms with Gasteiger partial charge in [0.2, 0.25) is 0 Å². The van der Waals surface area contributed by atoms with E-state index < -0.39 is 21.6 Å². The predicted molar refractivity (Wildman–Crippen MR) is 137 cm³/mol. The molecule has 0 bridgehead atoms. The number of hydrogen-bond acceptors (Lipinski definition) is 5. The molecule has 0 heterocycles. The van der Waals surface area contributed by atoms with E-state index in [0.29, 0.717) is 30.1 Å². The highest BCUT2D eigenvalue weighted by atomic mass is 32.2. The average Bonchev–Trinajstić information content (AvgIpc) is 3.16. The third-order valence-electron chi connectivity index (χ3n) is 11.6. The van der Waals surface area contributed by atoms with E-state index in [4.69, 9.17) is 0 Å². The van der Waals surface area contributed by atoms with Crippen LogP contribution in [-0.2, 0) is 10.0 Å². The van der Waals surface area contributed by atoms with Gasteiger partial charge in [0, 0.05) is 6.54 Å². The van der Waals surface area contributed by atoms with Crippen LogP contribution in [0.4, 0.5) is 18.0 Å². The standard InChI is InChI=1S/C27H45F3N2O5S/c1-5-17-21-14-16(33)8-11-26(21,4)20-9-12-25(3)18(6-7-19(25)22(20)23(17)34)15(2)10-13-31-24(35)32-38(36,37)27(28,29)30/h15-23,33-34H,5-14H2,1-4H3,(H2,31,32,35)/t15-,16-,17-,18-,19+,20+,21+,22+,23-,25-,26-/m1/s1. The molecule has 0 aromatic rings. The molecule has 11 atom stereocenters. The minimum absolute atomic E-state index is 0.0269. The van der Waals surface area contributed by atoms with Gasteiger partial charge in [-0.2, -0.15) is 21.6 Å². The summed E-state index contributed by atoms with van der Waals surface area (Å²) in [5.41, 5.74) is -5.39. The number of alkyl halides is 3. The first-order chi connectivity index (χ1) is 17.6. The molecule has 38 heavy (non-hydrogen) atoms. The summed E-state index contributed by atoms with van der Waals surface area (Å²) in [6.45, 7) is 9.07. The molecule has 4 aliphatic carbocycles. The van der Waals surface area contributed by atoms with Gasteiger partial charge in [-0.3, -0.25) is 0 Å². The van der Waals surface area contributed by atoms with Gasteiger partial charge in [-0.1, -0.05) is 34.1 Å². The Morgan fingerprint density at radius 3 is 2.29 bits per heavy atom. The SMILES string of the molecule is CC[C@H]1[C@@H](O)[C@@H]2[C@H](CC[C@]3(C)[C@@H]([C@H](C)CCNC(=O)NS(=O)(=O)C(F)(F)F)CC[C@@H]23)[C@@]2(C)CC[C@@H](O)C[C@@H]12. The first-order valence-electron chi connectivity index (χ1n) is 14.3. The normalized spacial score (nSPS) is 43.9. The second-order valence-electron chi connectivity index (χ2n) is 13.2. The Hall–Kier alpha value is -1.07. The van der Waals surface area contributed by atoms with Crippen LogP contribution in [0.3, 0.4) is 0 Å². The summed E-state index contributed by atoms with van der Waals surface area (Å²) in [4.78, 5) is 11.8. The number of sulfonamides is 1. The molecule has 0 saturated heterocycles. The van der Waals surface area contributed by atoms with Gasteiger partial charge < -0.3 is 15.5 Å². The molecule has 4 rings (SSSR count). The fourth-order valence-electron chi connectivity index (χ4n) is 9.76. The number of hydrogen-bond donors (Lipinski definition) is 4. The van der Waals surface area contributed by atoms with Crippen LogP contribution < -0.4 is 10.0 Å². The summed E-state index contributed by atoms with van der Waals surface area (Å²) < 4.78 is 60.9. The Kier molecular flexibility index (Phi) is 8.18. The lowest BCUT2D eigenvalue weighted by atomic mass is 9.41. The number of urea groups is 1. The molecule has 7 nitrogen and oxygen atoms in total. The number of nitrogens with one attached hydrogen (secondary N) is 2. The van der Waals surface area contributed by atoms with Gasteiger partial charge in [0.05, 0.1) is 12.2 Å². The number of aliphatic hydroxyl groups is 2. The predicted octanol–water partition coefficient (Wildman–Crippen LogP) is 4.79. The second kappa shape index (κ2) is 10.4. The van der Waals surface area contributed by atoms with Crippen molar-refractivity contribution in [2.24, 2.45) is 52.3 Å². The fourth-order valence-corrected chi connectivity index (χ4v) is 10.2. The van der Waals surface area contributed by atoms with E-state index in [1.54, 1.807) is 0 Å². The lowest BCUT2D eigenvalue weighted by Gasteiger charge is -2.64. The highest BCUT2D eigenvalue weighted by Gasteiger charge is 2.64.